The Kier molecular flexibility index (Phi) is 8.41. The van der Waals surface area contributed by atoms with Crippen molar-refractivity contribution >= 4 is 22.6 Å². The number of carbonyl (C=O) groups excluding carboxylic acids is 2. The third-order valence-corrected chi connectivity index (χ3v) is 5.50. The average Bonchev–Trinajstić information content (AvgIpc) is 3.22. The lowest BCUT2D eigenvalue weighted by atomic mass is 10.1. The van der Waals surface area contributed by atoms with E-state index in [1.807, 2.05) is 72.4 Å². The van der Waals surface area contributed by atoms with Gasteiger partial charge in [0.25, 0.3) is 5.91 Å². The molecule has 3 aromatic rings. The fraction of sp³-hybridized carbons (Fsp3) is 0.360. The molecule has 3 rings (SSSR count). The van der Waals surface area contributed by atoms with Crippen LogP contribution in [0.15, 0.2) is 60.8 Å². The fourth-order valence-corrected chi connectivity index (χ4v) is 3.57. The van der Waals surface area contributed by atoms with Crippen LogP contribution in [0, 0.1) is 0 Å². The van der Waals surface area contributed by atoms with Crippen LogP contribution in [0.3, 0.4) is 0 Å². The Hall–Kier alpha value is -3.16. The molecule has 0 spiro atoms. The van der Waals surface area contributed by atoms with Gasteiger partial charge in [0, 0.05) is 51.8 Å². The van der Waals surface area contributed by atoms with Gasteiger partial charge < -0.3 is 23.8 Å². The maximum Gasteiger partial charge on any atom is 0.254 e. The Balaban J connectivity index is 1.78. The number of aromatic nitrogens is 1. The number of hydrogen-bond donors (Lipinski definition) is 0. The van der Waals surface area contributed by atoms with Crippen molar-refractivity contribution in [1.29, 1.82) is 0 Å². The van der Waals surface area contributed by atoms with Gasteiger partial charge in [0.15, 0.2) is 0 Å². The number of amides is 2. The summed E-state index contributed by atoms with van der Waals surface area (Å²) in [5.74, 6) is -0.319. The highest BCUT2D eigenvalue weighted by atomic mass is 16.5. The molecule has 0 atom stereocenters. The van der Waals surface area contributed by atoms with E-state index < -0.39 is 0 Å². The normalized spacial score (nSPS) is 11.0. The minimum atomic E-state index is -0.188. The molecule has 2 aromatic carbocycles. The number of benzene rings is 2. The lowest BCUT2D eigenvalue weighted by Gasteiger charge is -2.28. The zero-order chi connectivity index (χ0) is 22.9. The largest absolute Gasteiger partial charge is 0.383 e. The molecule has 0 saturated carbocycles. The van der Waals surface area contributed by atoms with E-state index in [0.29, 0.717) is 38.4 Å². The quantitative estimate of drug-likeness (QED) is 0.463. The van der Waals surface area contributed by atoms with E-state index in [1.54, 1.807) is 24.0 Å². The van der Waals surface area contributed by atoms with Crippen LogP contribution in [0.2, 0.25) is 0 Å². The van der Waals surface area contributed by atoms with Crippen LogP contribution in [-0.2, 0) is 27.9 Å². The van der Waals surface area contributed by atoms with E-state index in [9.17, 15) is 9.59 Å². The van der Waals surface area contributed by atoms with E-state index in [4.69, 9.17) is 9.47 Å². The molecule has 0 bridgehead atoms. The molecule has 0 aliphatic heterocycles. The zero-order valence-electron chi connectivity index (χ0n) is 19.0. The van der Waals surface area contributed by atoms with Gasteiger partial charge in [-0.3, -0.25) is 9.59 Å². The minimum absolute atomic E-state index is 0.0246. The van der Waals surface area contributed by atoms with Crippen LogP contribution < -0.4 is 0 Å². The first kappa shape index (κ1) is 23.5. The highest BCUT2D eigenvalue weighted by Gasteiger charge is 2.23. The van der Waals surface area contributed by atoms with Crippen molar-refractivity contribution in [3.05, 3.63) is 72.1 Å². The summed E-state index contributed by atoms with van der Waals surface area (Å²) in [5, 5.41) is 2.05. The van der Waals surface area contributed by atoms with E-state index in [-0.39, 0.29) is 18.4 Å². The predicted octanol–water partition coefficient (Wildman–Crippen LogP) is 2.94. The number of hydrogen-bond acceptors (Lipinski definition) is 4. The van der Waals surface area contributed by atoms with Crippen molar-refractivity contribution in [2.75, 3.05) is 47.1 Å². The van der Waals surface area contributed by atoms with Gasteiger partial charge in [-0.1, -0.05) is 30.3 Å². The monoisotopic (exact) mass is 437 g/mol. The smallest absolute Gasteiger partial charge is 0.254 e. The van der Waals surface area contributed by atoms with Crippen LogP contribution in [-0.4, -0.2) is 73.2 Å². The Bertz CT molecular complexity index is 1050. The van der Waals surface area contributed by atoms with Crippen LogP contribution in [0.5, 0.6) is 0 Å². The van der Waals surface area contributed by atoms with Gasteiger partial charge in [-0.15, -0.1) is 0 Å². The van der Waals surface area contributed by atoms with Crippen molar-refractivity contribution in [3.8, 4) is 0 Å². The summed E-state index contributed by atoms with van der Waals surface area (Å²) in [4.78, 5) is 29.8. The first-order valence-corrected chi connectivity index (χ1v) is 10.7. The first-order valence-electron chi connectivity index (χ1n) is 10.7. The van der Waals surface area contributed by atoms with Crippen molar-refractivity contribution in [1.82, 2.24) is 14.4 Å². The molecule has 1 heterocycles. The molecule has 170 valence electrons. The second-order valence-corrected chi connectivity index (χ2v) is 7.70. The van der Waals surface area contributed by atoms with E-state index in [1.165, 1.54) is 0 Å². The van der Waals surface area contributed by atoms with Gasteiger partial charge in [0.05, 0.1) is 19.8 Å². The van der Waals surface area contributed by atoms with E-state index in [2.05, 4.69) is 0 Å². The molecular formula is C25H31N3O4. The number of rotatable bonds is 11. The van der Waals surface area contributed by atoms with Crippen LogP contribution in [0.1, 0.15) is 16.1 Å². The lowest BCUT2D eigenvalue weighted by molar-refractivity contribution is -0.133. The molecule has 7 heteroatoms. The highest BCUT2D eigenvalue weighted by Crippen LogP contribution is 2.17. The molecule has 0 aliphatic rings. The first-order chi connectivity index (χ1) is 15.5. The van der Waals surface area contributed by atoms with Crippen LogP contribution in [0.4, 0.5) is 0 Å². The molecule has 0 N–H and O–H groups in total. The number of nitrogens with zero attached hydrogens (tertiary/aromatic N) is 3. The Morgan fingerprint density at radius 2 is 1.56 bits per heavy atom. The number of carbonyl (C=O) groups is 2. The lowest BCUT2D eigenvalue weighted by Crippen LogP contribution is -2.45. The van der Waals surface area contributed by atoms with Crippen molar-refractivity contribution in [2.24, 2.45) is 7.05 Å². The van der Waals surface area contributed by atoms with Crippen LogP contribution >= 0.6 is 0 Å². The molecular weight excluding hydrogens is 406 g/mol. The summed E-state index contributed by atoms with van der Waals surface area (Å²) in [7, 11) is 5.14. The molecule has 1 aromatic heterocycles. The van der Waals surface area contributed by atoms with E-state index in [0.717, 1.165) is 16.5 Å². The third kappa shape index (κ3) is 5.96. The summed E-state index contributed by atoms with van der Waals surface area (Å²) >= 11 is 0. The molecule has 32 heavy (non-hydrogen) atoms. The van der Waals surface area contributed by atoms with Gasteiger partial charge in [-0.05, 0) is 35.0 Å². The number of aryl methyl sites for hydroxylation is 1. The summed E-state index contributed by atoms with van der Waals surface area (Å²) in [6.45, 7) is 1.98. The number of fused-ring (bicyclic) bond motifs is 1. The van der Waals surface area contributed by atoms with Crippen molar-refractivity contribution in [2.45, 2.75) is 6.54 Å². The second-order valence-electron chi connectivity index (χ2n) is 7.70. The minimum Gasteiger partial charge on any atom is -0.383 e. The number of methoxy groups -OCH3 is 2. The van der Waals surface area contributed by atoms with Gasteiger partial charge in [0.2, 0.25) is 5.91 Å². The Morgan fingerprint density at radius 1 is 0.875 bits per heavy atom. The van der Waals surface area contributed by atoms with Gasteiger partial charge >= 0.3 is 0 Å². The molecule has 0 unspecified atom stereocenters. The standard InChI is InChI=1S/C25H31N3O4/c1-26-12-6-9-23(26)18-27(13-15-31-2)24(29)19-28(14-16-32-3)25(30)22-11-10-20-7-4-5-8-21(20)17-22/h4-12,17H,13-16,18-19H2,1-3H3. The van der Waals surface area contributed by atoms with Gasteiger partial charge in [-0.2, -0.15) is 0 Å². The van der Waals surface area contributed by atoms with E-state index >= 15 is 0 Å². The maximum atomic E-state index is 13.3. The molecule has 0 radical (unpaired) electrons. The summed E-state index contributed by atoms with van der Waals surface area (Å²) in [6.07, 6.45) is 1.95. The topological polar surface area (TPSA) is 64.0 Å². The molecule has 0 fully saturated rings. The molecule has 7 nitrogen and oxygen atoms in total. The van der Waals surface area contributed by atoms with Crippen LogP contribution in [0.25, 0.3) is 10.8 Å². The molecule has 0 saturated heterocycles. The maximum absolute atomic E-state index is 13.3. The second kappa shape index (κ2) is 11.5. The van der Waals surface area contributed by atoms with Crippen molar-refractivity contribution in [3.63, 3.8) is 0 Å². The summed E-state index contributed by atoms with van der Waals surface area (Å²) in [5.41, 5.74) is 1.57. The highest BCUT2D eigenvalue weighted by molar-refractivity contribution is 6.00. The predicted molar refractivity (Wildman–Crippen MR) is 124 cm³/mol. The zero-order valence-corrected chi connectivity index (χ0v) is 19.0. The fourth-order valence-electron chi connectivity index (χ4n) is 3.57. The average molecular weight is 438 g/mol. The Labute approximate surface area is 189 Å². The molecule has 2 amide bonds. The van der Waals surface area contributed by atoms with Gasteiger partial charge in [0.1, 0.15) is 6.54 Å². The Morgan fingerprint density at radius 3 is 2.22 bits per heavy atom. The SMILES string of the molecule is COCCN(Cc1cccn1C)C(=O)CN(CCOC)C(=O)c1ccc2ccccc2c1. The van der Waals surface area contributed by atoms with Crippen molar-refractivity contribution < 1.29 is 19.1 Å². The van der Waals surface area contributed by atoms with Gasteiger partial charge in [-0.25, -0.2) is 0 Å². The molecule has 0 aliphatic carbocycles. The summed E-state index contributed by atoms with van der Waals surface area (Å²) < 4.78 is 12.4. The third-order valence-electron chi connectivity index (χ3n) is 5.50. The summed E-state index contributed by atoms with van der Waals surface area (Å²) in [6, 6.07) is 17.4. The number of ether oxygens (including phenoxy) is 2.